The van der Waals surface area contributed by atoms with Crippen LogP contribution in [0.3, 0.4) is 0 Å². The van der Waals surface area contributed by atoms with Gasteiger partial charge in [0.25, 0.3) is 0 Å². The smallest absolute Gasteiger partial charge is 0.147 e. The maximum Gasteiger partial charge on any atom is 0.147 e. The highest BCUT2D eigenvalue weighted by molar-refractivity contribution is 9.10. The third-order valence-electron chi connectivity index (χ3n) is 3.95. The molecule has 1 aromatic carbocycles. The van der Waals surface area contributed by atoms with E-state index in [9.17, 15) is 4.39 Å². The molecule has 3 saturated heterocycles. The summed E-state index contributed by atoms with van der Waals surface area (Å²) in [5.74, 6) is 0.530. The van der Waals surface area contributed by atoms with Crippen molar-refractivity contribution in [3.8, 4) is 0 Å². The molecule has 2 nitrogen and oxygen atoms in total. The van der Waals surface area contributed by atoms with E-state index in [1.807, 2.05) is 6.07 Å². The Kier molecular flexibility index (Phi) is 3.09. The van der Waals surface area contributed by atoms with Gasteiger partial charge >= 0.3 is 0 Å². The number of hydrogen-bond acceptors (Lipinski definition) is 2. The largest absolute Gasteiger partial charge is 0.377 e. The van der Waals surface area contributed by atoms with Crippen LogP contribution < -0.4 is 5.32 Å². The molecule has 1 aromatic rings. The summed E-state index contributed by atoms with van der Waals surface area (Å²) in [5, 5.41) is 3.39. The van der Waals surface area contributed by atoms with Gasteiger partial charge < -0.3 is 10.2 Å². The number of para-hydroxylation sites is 1. The zero-order chi connectivity index (χ0) is 11.8. The van der Waals surface area contributed by atoms with Crippen LogP contribution in [-0.4, -0.2) is 30.6 Å². The number of piperidine rings is 3. The summed E-state index contributed by atoms with van der Waals surface area (Å²) in [6, 6.07) is 5.51. The van der Waals surface area contributed by atoms with Gasteiger partial charge in [-0.15, -0.1) is 0 Å². The molecule has 0 spiro atoms. The monoisotopic (exact) mass is 298 g/mol. The Morgan fingerprint density at radius 3 is 2.65 bits per heavy atom. The van der Waals surface area contributed by atoms with E-state index in [-0.39, 0.29) is 5.82 Å². The summed E-state index contributed by atoms with van der Waals surface area (Å²) in [4.78, 5) is 2.46. The van der Waals surface area contributed by atoms with Crippen molar-refractivity contribution in [3.05, 3.63) is 28.5 Å². The molecule has 1 N–H and O–H groups in total. The van der Waals surface area contributed by atoms with E-state index in [1.54, 1.807) is 6.07 Å². The van der Waals surface area contributed by atoms with Gasteiger partial charge in [-0.1, -0.05) is 6.07 Å². The highest BCUT2D eigenvalue weighted by Crippen LogP contribution is 2.32. The average molecular weight is 299 g/mol. The maximum atomic E-state index is 13.7. The van der Waals surface area contributed by atoms with Crippen molar-refractivity contribution in [2.24, 2.45) is 5.92 Å². The fraction of sp³-hybridized carbons (Fsp3) is 0.538. The van der Waals surface area contributed by atoms with Crippen molar-refractivity contribution in [3.63, 3.8) is 0 Å². The van der Waals surface area contributed by atoms with Crippen molar-refractivity contribution in [1.82, 2.24) is 4.90 Å². The zero-order valence-corrected chi connectivity index (χ0v) is 11.2. The molecule has 3 heterocycles. The summed E-state index contributed by atoms with van der Waals surface area (Å²) >= 11 is 3.41. The van der Waals surface area contributed by atoms with Crippen LogP contribution in [0.1, 0.15) is 12.8 Å². The number of nitrogens with one attached hydrogen (secondary N) is 1. The Morgan fingerprint density at radius 2 is 2.06 bits per heavy atom. The third-order valence-corrected chi connectivity index (χ3v) is 4.61. The lowest BCUT2D eigenvalue weighted by molar-refractivity contribution is 0.0973. The van der Waals surface area contributed by atoms with E-state index in [1.165, 1.54) is 32.0 Å². The quantitative estimate of drug-likeness (QED) is 0.903. The standard InChI is InChI=1S/C13H16BrFN2/c14-10-2-1-3-11(15)13(10)16-12-8-17-6-4-9(12)5-7-17/h1-3,9,12,16H,4-8H2. The van der Waals surface area contributed by atoms with Crippen LogP contribution in [0.2, 0.25) is 0 Å². The number of nitrogens with zero attached hydrogens (tertiary/aromatic N) is 1. The molecule has 17 heavy (non-hydrogen) atoms. The molecule has 3 fully saturated rings. The van der Waals surface area contributed by atoms with Gasteiger partial charge in [-0.3, -0.25) is 0 Å². The molecule has 92 valence electrons. The average Bonchev–Trinajstić information content (AvgIpc) is 2.36. The number of benzene rings is 1. The van der Waals surface area contributed by atoms with E-state index in [2.05, 4.69) is 26.1 Å². The molecular formula is C13H16BrFN2. The lowest BCUT2D eigenvalue weighted by atomic mass is 9.84. The fourth-order valence-electron chi connectivity index (χ4n) is 2.95. The predicted octanol–water partition coefficient (Wildman–Crippen LogP) is 3.09. The fourth-order valence-corrected chi connectivity index (χ4v) is 3.41. The molecule has 0 saturated carbocycles. The SMILES string of the molecule is Fc1cccc(Br)c1NC1CN2CCC1CC2. The van der Waals surface area contributed by atoms with Gasteiger partial charge in [0.1, 0.15) is 5.82 Å². The van der Waals surface area contributed by atoms with Crippen LogP contribution in [-0.2, 0) is 0 Å². The molecule has 3 aliphatic heterocycles. The lowest BCUT2D eigenvalue weighted by Gasteiger charge is -2.45. The molecule has 0 amide bonds. The highest BCUT2D eigenvalue weighted by atomic mass is 79.9. The first-order valence-corrected chi connectivity index (χ1v) is 6.96. The van der Waals surface area contributed by atoms with Gasteiger partial charge in [-0.2, -0.15) is 0 Å². The summed E-state index contributed by atoms with van der Waals surface area (Å²) in [6.07, 6.45) is 2.48. The minimum Gasteiger partial charge on any atom is -0.377 e. The first-order chi connectivity index (χ1) is 8.24. The maximum absolute atomic E-state index is 13.7. The molecule has 3 aliphatic rings. The summed E-state index contributed by atoms with van der Waals surface area (Å²) in [6.45, 7) is 3.47. The Bertz CT molecular complexity index is 396. The highest BCUT2D eigenvalue weighted by Gasteiger charge is 2.34. The Morgan fingerprint density at radius 1 is 1.29 bits per heavy atom. The number of rotatable bonds is 2. The van der Waals surface area contributed by atoms with Crippen LogP contribution >= 0.6 is 15.9 Å². The molecule has 4 heteroatoms. The predicted molar refractivity (Wildman–Crippen MR) is 70.7 cm³/mol. The van der Waals surface area contributed by atoms with Crippen LogP contribution in [0.5, 0.6) is 0 Å². The molecule has 0 radical (unpaired) electrons. The van der Waals surface area contributed by atoms with Gasteiger partial charge in [0.15, 0.2) is 0 Å². The number of anilines is 1. The zero-order valence-electron chi connectivity index (χ0n) is 9.63. The van der Waals surface area contributed by atoms with Crippen molar-refractivity contribution >= 4 is 21.6 Å². The Hall–Kier alpha value is -0.610. The molecular weight excluding hydrogens is 283 g/mol. The second-order valence-corrected chi connectivity index (χ2v) is 5.84. The molecule has 0 aromatic heterocycles. The van der Waals surface area contributed by atoms with E-state index in [0.717, 1.165) is 11.0 Å². The molecule has 2 bridgehead atoms. The number of halogens is 2. The topological polar surface area (TPSA) is 15.3 Å². The van der Waals surface area contributed by atoms with Crippen LogP contribution in [0.15, 0.2) is 22.7 Å². The van der Waals surface area contributed by atoms with Gasteiger partial charge in [-0.05, 0) is 59.9 Å². The summed E-state index contributed by atoms with van der Waals surface area (Å²) in [5.41, 5.74) is 0.617. The Balaban J connectivity index is 1.79. The third kappa shape index (κ3) is 2.20. The van der Waals surface area contributed by atoms with Gasteiger partial charge in [0, 0.05) is 17.1 Å². The van der Waals surface area contributed by atoms with Crippen molar-refractivity contribution in [2.75, 3.05) is 25.0 Å². The number of hydrogen-bond donors (Lipinski definition) is 1. The number of fused-ring (bicyclic) bond motifs is 3. The second kappa shape index (κ2) is 4.58. The second-order valence-electron chi connectivity index (χ2n) is 4.99. The summed E-state index contributed by atoms with van der Waals surface area (Å²) < 4.78 is 14.6. The first-order valence-electron chi connectivity index (χ1n) is 6.17. The van der Waals surface area contributed by atoms with Crippen LogP contribution in [0.25, 0.3) is 0 Å². The van der Waals surface area contributed by atoms with Gasteiger partial charge in [0.05, 0.1) is 5.69 Å². The van der Waals surface area contributed by atoms with Crippen molar-refractivity contribution in [1.29, 1.82) is 0 Å². The van der Waals surface area contributed by atoms with Gasteiger partial charge in [0.2, 0.25) is 0 Å². The van der Waals surface area contributed by atoms with E-state index in [0.29, 0.717) is 17.6 Å². The molecule has 4 rings (SSSR count). The van der Waals surface area contributed by atoms with Crippen molar-refractivity contribution < 1.29 is 4.39 Å². The Labute approximate surface area is 109 Å². The molecule has 1 unspecified atom stereocenters. The van der Waals surface area contributed by atoms with E-state index < -0.39 is 0 Å². The first kappa shape index (κ1) is 11.5. The van der Waals surface area contributed by atoms with Gasteiger partial charge in [-0.25, -0.2) is 4.39 Å². The normalized spacial score (nSPS) is 31.5. The van der Waals surface area contributed by atoms with E-state index in [4.69, 9.17) is 0 Å². The van der Waals surface area contributed by atoms with Crippen molar-refractivity contribution in [2.45, 2.75) is 18.9 Å². The molecule has 0 aliphatic carbocycles. The summed E-state index contributed by atoms with van der Waals surface area (Å²) in [7, 11) is 0. The minimum atomic E-state index is -0.171. The van der Waals surface area contributed by atoms with Crippen LogP contribution in [0.4, 0.5) is 10.1 Å². The minimum absolute atomic E-state index is 0.171. The molecule has 1 atom stereocenters. The van der Waals surface area contributed by atoms with E-state index >= 15 is 0 Å². The lowest BCUT2D eigenvalue weighted by Crippen LogP contribution is -2.53. The van der Waals surface area contributed by atoms with Crippen LogP contribution in [0, 0.1) is 11.7 Å².